The van der Waals surface area contributed by atoms with Crippen molar-refractivity contribution in [2.75, 3.05) is 19.0 Å². The predicted octanol–water partition coefficient (Wildman–Crippen LogP) is 1.78. The molecule has 92 valence electrons. The first kappa shape index (κ1) is 13.3. The second-order valence-corrected chi connectivity index (χ2v) is 3.35. The van der Waals surface area contributed by atoms with Crippen molar-refractivity contribution < 1.29 is 9.66 Å². The highest BCUT2D eigenvalue weighted by molar-refractivity contribution is 6.31. The van der Waals surface area contributed by atoms with Crippen LogP contribution in [0.1, 0.15) is 5.82 Å². The molecule has 1 rings (SSSR count). The van der Waals surface area contributed by atoms with Crippen LogP contribution in [0.4, 0.5) is 11.5 Å². The molecule has 8 heteroatoms. The normalized spacial score (nSPS) is 10.0. The third-order valence-corrected chi connectivity index (χ3v) is 2.02. The van der Waals surface area contributed by atoms with Gasteiger partial charge >= 0.3 is 5.69 Å². The van der Waals surface area contributed by atoms with Crippen molar-refractivity contribution in [2.24, 2.45) is 0 Å². The maximum atomic E-state index is 10.8. The Morgan fingerprint density at radius 3 is 2.88 bits per heavy atom. The fourth-order valence-electron chi connectivity index (χ4n) is 1.12. The summed E-state index contributed by atoms with van der Waals surface area (Å²) < 4.78 is 4.84. The van der Waals surface area contributed by atoms with Crippen LogP contribution in [-0.4, -0.2) is 28.5 Å². The van der Waals surface area contributed by atoms with Gasteiger partial charge in [-0.3, -0.25) is 10.1 Å². The summed E-state index contributed by atoms with van der Waals surface area (Å²) in [6.07, 6.45) is 1.55. The minimum absolute atomic E-state index is 0.0574. The van der Waals surface area contributed by atoms with Crippen molar-refractivity contribution in [3.8, 4) is 0 Å². The number of anilines is 1. The first-order chi connectivity index (χ1) is 8.10. The van der Waals surface area contributed by atoms with Crippen LogP contribution < -0.4 is 5.32 Å². The third kappa shape index (κ3) is 3.36. The Kier molecular flexibility index (Phi) is 4.80. The van der Waals surface area contributed by atoms with Gasteiger partial charge in [-0.1, -0.05) is 17.7 Å². The highest BCUT2D eigenvalue weighted by Gasteiger charge is 2.23. The molecule has 0 radical (unpaired) electrons. The Bertz CT molecular complexity index is 438. The van der Waals surface area contributed by atoms with Crippen molar-refractivity contribution in [1.82, 2.24) is 9.97 Å². The van der Waals surface area contributed by atoms with Gasteiger partial charge in [-0.2, -0.15) is 0 Å². The SMILES string of the molecule is C=CCNc1nc(COC)nc(Cl)c1[N+](=O)[O-]. The lowest BCUT2D eigenvalue weighted by Crippen LogP contribution is -2.09. The molecule has 0 aliphatic heterocycles. The summed E-state index contributed by atoms with van der Waals surface area (Å²) in [7, 11) is 1.47. The van der Waals surface area contributed by atoms with Gasteiger partial charge in [0.2, 0.25) is 11.0 Å². The number of ether oxygens (including phenoxy) is 1. The Morgan fingerprint density at radius 2 is 2.35 bits per heavy atom. The average Bonchev–Trinajstić information content (AvgIpc) is 2.25. The van der Waals surface area contributed by atoms with E-state index in [4.69, 9.17) is 16.3 Å². The molecular formula is C9H11ClN4O3. The molecular weight excluding hydrogens is 248 g/mol. The number of nitro groups is 1. The molecule has 17 heavy (non-hydrogen) atoms. The van der Waals surface area contributed by atoms with E-state index in [1.54, 1.807) is 6.08 Å². The van der Waals surface area contributed by atoms with Gasteiger partial charge in [0.05, 0.1) is 4.92 Å². The van der Waals surface area contributed by atoms with Crippen LogP contribution >= 0.6 is 11.6 Å². The molecule has 0 spiro atoms. The van der Waals surface area contributed by atoms with Crippen LogP contribution in [0.5, 0.6) is 0 Å². The molecule has 1 aromatic heterocycles. The van der Waals surface area contributed by atoms with Crippen LogP contribution in [-0.2, 0) is 11.3 Å². The lowest BCUT2D eigenvalue weighted by atomic mass is 10.4. The Hall–Kier alpha value is -1.73. The molecule has 0 fully saturated rings. The van der Waals surface area contributed by atoms with E-state index < -0.39 is 4.92 Å². The third-order valence-electron chi connectivity index (χ3n) is 1.76. The number of aromatic nitrogens is 2. The second-order valence-electron chi connectivity index (χ2n) is 2.99. The van der Waals surface area contributed by atoms with E-state index in [-0.39, 0.29) is 29.1 Å². The number of methoxy groups -OCH3 is 1. The molecule has 1 heterocycles. The molecule has 0 unspecified atom stereocenters. The van der Waals surface area contributed by atoms with Gasteiger partial charge < -0.3 is 10.1 Å². The summed E-state index contributed by atoms with van der Waals surface area (Å²) >= 11 is 5.73. The number of nitrogens with zero attached hydrogens (tertiary/aromatic N) is 3. The maximum absolute atomic E-state index is 10.8. The van der Waals surface area contributed by atoms with E-state index in [2.05, 4.69) is 21.9 Å². The Morgan fingerprint density at radius 1 is 1.65 bits per heavy atom. The fourth-order valence-corrected chi connectivity index (χ4v) is 1.37. The minimum atomic E-state index is -0.635. The molecule has 0 atom stereocenters. The van der Waals surface area contributed by atoms with Gasteiger partial charge in [-0.25, -0.2) is 9.97 Å². The molecule has 0 saturated heterocycles. The smallest absolute Gasteiger partial charge is 0.348 e. The quantitative estimate of drug-likeness (QED) is 0.362. The van der Waals surface area contributed by atoms with Crippen LogP contribution in [0.2, 0.25) is 5.15 Å². The summed E-state index contributed by atoms with van der Waals surface area (Å²) in [5, 5.41) is 13.3. The lowest BCUT2D eigenvalue weighted by molar-refractivity contribution is -0.384. The van der Waals surface area contributed by atoms with Gasteiger partial charge in [0.1, 0.15) is 6.61 Å². The monoisotopic (exact) mass is 258 g/mol. The molecule has 0 aliphatic carbocycles. The summed E-state index contributed by atoms with van der Waals surface area (Å²) in [6.45, 7) is 3.96. The van der Waals surface area contributed by atoms with E-state index in [0.717, 1.165) is 0 Å². The molecule has 0 aromatic carbocycles. The Balaban J connectivity index is 3.18. The summed E-state index contributed by atoms with van der Waals surface area (Å²) in [5.41, 5.74) is -0.353. The minimum Gasteiger partial charge on any atom is -0.377 e. The predicted molar refractivity (Wildman–Crippen MR) is 63.1 cm³/mol. The first-order valence-electron chi connectivity index (χ1n) is 4.64. The van der Waals surface area contributed by atoms with E-state index in [9.17, 15) is 10.1 Å². The zero-order chi connectivity index (χ0) is 12.8. The maximum Gasteiger partial charge on any atom is 0.348 e. The van der Waals surface area contributed by atoms with E-state index >= 15 is 0 Å². The highest BCUT2D eigenvalue weighted by atomic mass is 35.5. The van der Waals surface area contributed by atoms with Crippen LogP contribution in [0.3, 0.4) is 0 Å². The Labute approximate surface area is 103 Å². The standard InChI is InChI=1S/C9H11ClN4O3/c1-3-4-11-9-7(14(15)16)8(10)12-6(13-9)5-17-2/h3H,1,4-5H2,2H3,(H,11,12,13). The van der Waals surface area contributed by atoms with Crippen molar-refractivity contribution in [2.45, 2.75) is 6.61 Å². The number of nitrogens with one attached hydrogen (secondary N) is 1. The second kappa shape index (κ2) is 6.12. The largest absolute Gasteiger partial charge is 0.377 e. The zero-order valence-corrected chi connectivity index (χ0v) is 9.90. The zero-order valence-electron chi connectivity index (χ0n) is 9.14. The number of rotatable bonds is 6. The number of hydrogen-bond donors (Lipinski definition) is 1. The summed E-state index contributed by atoms with van der Waals surface area (Å²) in [6, 6.07) is 0. The highest BCUT2D eigenvalue weighted by Crippen LogP contribution is 2.29. The summed E-state index contributed by atoms with van der Waals surface area (Å²) in [5.74, 6) is 0.330. The van der Waals surface area contributed by atoms with Gasteiger partial charge in [-0.05, 0) is 0 Å². The number of halogens is 1. The molecule has 1 N–H and O–H groups in total. The number of hydrogen-bond acceptors (Lipinski definition) is 6. The molecule has 0 amide bonds. The molecule has 0 aliphatic rings. The molecule has 0 bridgehead atoms. The van der Waals surface area contributed by atoms with Crippen molar-refractivity contribution in [3.05, 3.63) is 33.7 Å². The molecule has 1 aromatic rings. The van der Waals surface area contributed by atoms with E-state index in [1.807, 2.05) is 0 Å². The van der Waals surface area contributed by atoms with Gasteiger partial charge in [-0.15, -0.1) is 6.58 Å². The van der Waals surface area contributed by atoms with Crippen LogP contribution in [0.15, 0.2) is 12.7 Å². The van der Waals surface area contributed by atoms with Crippen LogP contribution in [0.25, 0.3) is 0 Å². The molecule has 7 nitrogen and oxygen atoms in total. The van der Waals surface area contributed by atoms with Crippen molar-refractivity contribution in [1.29, 1.82) is 0 Å². The van der Waals surface area contributed by atoms with Gasteiger partial charge in [0.15, 0.2) is 5.82 Å². The molecule has 0 saturated carbocycles. The average molecular weight is 259 g/mol. The fraction of sp³-hybridized carbons (Fsp3) is 0.333. The van der Waals surface area contributed by atoms with E-state index in [1.165, 1.54) is 7.11 Å². The van der Waals surface area contributed by atoms with Crippen molar-refractivity contribution in [3.63, 3.8) is 0 Å². The van der Waals surface area contributed by atoms with Crippen LogP contribution in [0, 0.1) is 10.1 Å². The van der Waals surface area contributed by atoms with Crippen molar-refractivity contribution >= 4 is 23.1 Å². The van der Waals surface area contributed by atoms with Gasteiger partial charge in [0.25, 0.3) is 0 Å². The topological polar surface area (TPSA) is 90.2 Å². The first-order valence-corrected chi connectivity index (χ1v) is 5.02. The lowest BCUT2D eigenvalue weighted by Gasteiger charge is -2.06. The van der Waals surface area contributed by atoms with E-state index in [0.29, 0.717) is 6.54 Å². The van der Waals surface area contributed by atoms with Gasteiger partial charge in [0, 0.05) is 13.7 Å². The summed E-state index contributed by atoms with van der Waals surface area (Å²) in [4.78, 5) is 17.9.